The number of carbonyl (C=O) groups is 1. The SMILES string of the molecule is Cc1c(NS(C)(=O)=O)cccc1C(=O)N[C@H](C)c1ccc(C(C)(C)C)cc1. The Labute approximate surface area is 162 Å². The summed E-state index contributed by atoms with van der Waals surface area (Å²) in [7, 11) is -3.41. The molecule has 2 aromatic carbocycles. The molecule has 0 unspecified atom stereocenters. The summed E-state index contributed by atoms with van der Waals surface area (Å²) in [6.45, 7) is 10.1. The molecule has 0 fully saturated rings. The lowest BCUT2D eigenvalue weighted by Gasteiger charge is -2.21. The van der Waals surface area contributed by atoms with E-state index in [4.69, 9.17) is 0 Å². The fourth-order valence-corrected chi connectivity index (χ4v) is 3.44. The summed E-state index contributed by atoms with van der Waals surface area (Å²) in [5, 5.41) is 2.99. The molecule has 2 N–H and O–H groups in total. The zero-order valence-corrected chi connectivity index (χ0v) is 17.6. The van der Waals surface area contributed by atoms with Crippen LogP contribution in [-0.2, 0) is 15.4 Å². The molecule has 0 saturated carbocycles. The zero-order valence-electron chi connectivity index (χ0n) is 16.8. The lowest BCUT2D eigenvalue weighted by Crippen LogP contribution is -2.27. The highest BCUT2D eigenvalue weighted by atomic mass is 32.2. The summed E-state index contributed by atoms with van der Waals surface area (Å²) >= 11 is 0. The van der Waals surface area contributed by atoms with Crippen LogP contribution in [0.3, 0.4) is 0 Å². The molecule has 0 aromatic heterocycles. The van der Waals surface area contributed by atoms with Gasteiger partial charge in [-0.15, -0.1) is 0 Å². The molecule has 0 saturated heterocycles. The van der Waals surface area contributed by atoms with Crippen molar-refractivity contribution in [1.29, 1.82) is 0 Å². The average molecular weight is 389 g/mol. The van der Waals surface area contributed by atoms with E-state index in [0.29, 0.717) is 16.8 Å². The molecule has 1 atom stereocenters. The van der Waals surface area contributed by atoms with Gasteiger partial charge in [0.1, 0.15) is 0 Å². The molecular formula is C21H28N2O3S. The maximum absolute atomic E-state index is 12.7. The molecule has 27 heavy (non-hydrogen) atoms. The van der Waals surface area contributed by atoms with E-state index in [1.54, 1.807) is 25.1 Å². The summed E-state index contributed by atoms with van der Waals surface area (Å²) in [5.41, 5.74) is 3.78. The van der Waals surface area contributed by atoms with Gasteiger partial charge in [-0.05, 0) is 48.1 Å². The minimum Gasteiger partial charge on any atom is -0.346 e. The molecule has 0 heterocycles. The smallest absolute Gasteiger partial charge is 0.252 e. The highest BCUT2D eigenvalue weighted by molar-refractivity contribution is 7.92. The minimum absolute atomic E-state index is 0.0786. The maximum atomic E-state index is 12.7. The standard InChI is InChI=1S/C21H28N2O3S/c1-14-18(8-7-9-19(14)23-27(6,25)26)20(24)22-15(2)16-10-12-17(13-11-16)21(3,4)5/h7-13,15,23H,1-6H3,(H,22,24)/t15-/m1/s1. The van der Waals surface area contributed by atoms with Gasteiger partial charge in [-0.3, -0.25) is 9.52 Å². The van der Waals surface area contributed by atoms with Crippen LogP contribution in [-0.4, -0.2) is 20.6 Å². The first-order chi connectivity index (χ1) is 12.4. The van der Waals surface area contributed by atoms with Gasteiger partial charge >= 0.3 is 0 Å². The Morgan fingerprint density at radius 2 is 1.63 bits per heavy atom. The molecule has 0 radical (unpaired) electrons. The van der Waals surface area contributed by atoms with Gasteiger partial charge in [-0.25, -0.2) is 8.42 Å². The number of rotatable bonds is 5. The van der Waals surface area contributed by atoms with Crippen LogP contribution in [0.25, 0.3) is 0 Å². The van der Waals surface area contributed by atoms with Gasteiger partial charge in [0.25, 0.3) is 5.91 Å². The number of sulfonamides is 1. The van der Waals surface area contributed by atoms with Crippen molar-refractivity contribution in [3.8, 4) is 0 Å². The monoisotopic (exact) mass is 388 g/mol. The van der Waals surface area contributed by atoms with E-state index in [0.717, 1.165) is 11.8 Å². The molecule has 0 aliphatic rings. The number of hydrogen-bond donors (Lipinski definition) is 2. The van der Waals surface area contributed by atoms with Gasteiger partial charge in [-0.2, -0.15) is 0 Å². The Bertz CT molecular complexity index is 927. The number of carbonyl (C=O) groups excluding carboxylic acids is 1. The van der Waals surface area contributed by atoms with Crippen LogP contribution in [0.5, 0.6) is 0 Å². The molecule has 146 valence electrons. The molecule has 2 rings (SSSR count). The second-order valence-corrected chi connectivity index (χ2v) is 9.67. The van der Waals surface area contributed by atoms with E-state index in [-0.39, 0.29) is 17.4 Å². The molecule has 0 bridgehead atoms. The van der Waals surface area contributed by atoms with Gasteiger partial charge in [0.2, 0.25) is 10.0 Å². The summed E-state index contributed by atoms with van der Waals surface area (Å²) in [5.74, 6) is -0.239. The Kier molecular flexibility index (Phi) is 6.00. The molecule has 2 aromatic rings. The third kappa shape index (κ3) is 5.57. The van der Waals surface area contributed by atoms with Gasteiger partial charge < -0.3 is 5.32 Å². The highest BCUT2D eigenvalue weighted by Gasteiger charge is 2.17. The van der Waals surface area contributed by atoms with Crippen molar-refractivity contribution in [2.75, 3.05) is 11.0 Å². The third-order valence-corrected chi connectivity index (χ3v) is 5.09. The lowest BCUT2D eigenvalue weighted by molar-refractivity contribution is 0.0939. The predicted octanol–water partition coefficient (Wildman–Crippen LogP) is 4.16. The Morgan fingerprint density at radius 1 is 1.04 bits per heavy atom. The first-order valence-electron chi connectivity index (χ1n) is 8.87. The van der Waals surface area contributed by atoms with Crippen LogP contribution >= 0.6 is 0 Å². The summed E-state index contributed by atoms with van der Waals surface area (Å²) in [4.78, 5) is 12.7. The number of nitrogens with one attached hydrogen (secondary N) is 2. The maximum Gasteiger partial charge on any atom is 0.252 e. The summed E-state index contributed by atoms with van der Waals surface area (Å²) in [6.07, 6.45) is 1.09. The van der Waals surface area contributed by atoms with E-state index in [1.165, 1.54) is 5.56 Å². The first-order valence-corrected chi connectivity index (χ1v) is 10.8. The van der Waals surface area contributed by atoms with Gasteiger partial charge in [0, 0.05) is 5.56 Å². The fraction of sp³-hybridized carbons (Fsp3) is 0.381. The second kappa shape index (κ2) is 7.72. The van der Waals surface area contributed by atoms with Crippen molar-refractivity contribution in [1.82, 2.24) is 5.32 Å². The largest absolute Gasteiger partial charge is 0.346 e. The van der Waals surface area contributed by atoms with Crippen molar-refractivity contribution in [2.45, 2.75) is 46.1 Å². The van der Waals surface area contributed by atoms with E-state index >= 15 is 0 Å². The topological polar surface area (TPSA) is 75.3 Å². The average Bonchev–Trinajstić information content (AvgIpc) is 2.54. The van der Waals surface area contributed by atoms with Gasteiger partial charge in [0.15, 0.2) is 0 Å². The van der Waals surface area contributed by atoms with Crippen molar-refractivity contribution in [2.24, 2.45) is 0 Å². The molecule has 0 spiro atoms. The highest BCUT2D eigenvalue weighted by Crippen LogP contribution is 2.25. The van der Waals surface area contributed by atoms with Crippen molar-refractivity contribution in [3.63, 3.8) is 0 Å². The molecule has 6 heteroatoms. The van der Waals surface area contributed by atoms with Crippen LogP contribution in [0.4, 0.5) is 5.69 Å². The Hall–Kier alpha value is -2.34. The van der Waals surface area contributed by atoms with Crippen LogP contribution in [0.15, 0.2) is 42.5 Å². The molecule has 0 aliphatic heterocycles. The predicted molar refractivity (Wildman–Crippen MR) is 111 cm³/mol. The third-order valence-electron chi connectivity index (χ3n) is 4.50. The molecular weight excluding hydrogens is 360 g/mol. The van der Waals surface area contributed by atoms with Crippen molar-refractivity contribution >= 4 is 21.6 Å². The molecule has 1 amide bonds. The summed E-state index contributed by atoms with van der Waals surface area (Å²) in [6, 6.07) is 13.0. The number of anilines is 1. The van der Waals surface area contributed by atoms with Gasteiger partial charge in [-0.1, -0.05) is 51.1 Å². The van der Waals surface area contributed by atoms with Crippen LogP contribution < -0.4 is 10.0 Å². The normalized spacial score (nSPS) is 13.1. The van der Waals surface area contributed by atoms with E-state index < -0.39 is 10.0 Å². The zero-order chi connectivity index (χ0) is 20.4. The van der Waals surface area contributed by atoms with Crippen LogP contribution in [0.1, 0.15) is 60.8 Å². The number of benzene rings is 2. The Balaban J connectivity index is 2.18. The number of hydrogen-bond acceptors (Lipinski definition) is 3. The number of amides is 1. The van der Waals surface area contributed by atoms with E-state index in [2.05, 4.69) is 42.9 Å². The molecule has 5 nitrogen and oxygen atoms in total. The van der Waals surface area contributed by atoms with Gasteiger partial charge in [0.05, 0.1) is 18.0 Å². The van der Waals surface area contributed by atoms with E-state index in [1.807, 2.05) is 19.1 Å². The van der Waals surface area contributed by atoms with Crippen LogP contribution in [0, 0.1) is 6.92 Å². The Morgan fingerprint density at radius 3 is 2.15 bits per heavy atom. The van der Waals surface area contributed by atoms with Crippen molar-refractivity contribution in [3.05, 3.63) is 64.7 Å². The fourth-order valence-electron chi connectivity index (χ4n) is 2.82. The van der Waals surface area contributed by atoms with Crippen LogP contribution in [0.2, 0.25) is 0 Å². The lowest BCUT2D eigenvalue weighted by atomic mass is 9.86. The quantitative estimate of drug-likeness (QED) is 0.808. The summed E-state index contributed by atoms with van der Waals surface area (Å²) < 4.78 is 25.4. The first kappa shape index (κ1) is 21.0. The molecule has 0 aliphatic carbocycles. The van der Waals surface area contributed by atoms with E-state index in [9.17, 15) is 13.2 Å². The second-order valence-electron chi connectivity index (χ2n) is 7.92. The van der Waals surface area contributed by atoms with Crippen molar-refractivity contribution < 1.29 is 13.2 Å². The minimum atomic E-state index is -3.41.